The Hall–Kier alpha value is -0.180. The second-order valence-corrected chi connectivity index (χ2v) is 3.41. The van der Waals surface area contributed by atoms with Gasteiger partial charge in [-0.1, -0.05) is 13.8 Å². The predicted octanol–water partition coefficient (Wildman–Crippen LogP) is 1.85. The maximum atomic E-state index is 10.8. The van der Waals surface area contributed by atoms with Crippen LogP contribution in [0.15, 0.2) is 0 Å². The van der Waals surface area contributed by atoms with E-state index in [1.165, 1.54) is 0 Å². The zero-order valence-corrected chi connectivity index (χ0v) is 7.52. The largest absolute Gasteiger partial charge is 0.452 e. The molecule has 0 aromatic rings. The molecule has 0 heterocycles. The van der Waals surface area contributed by atoms with Crippen LogP contribution in [0.4, 0.5) is 0 Å². The molecule has 0 fully saturated rings. The molecule has 10 heavy (non-hydrogen) atoms. The van der Waals surface area contributed by atoms with Crippen molar-refractivity contribution in [1.29, 1.82) is 0 Å². The van der Waals surface area contributed by atoms with Gasteiger partial charge in [-0.3, -0.25) is 4.79 Å². The molecule has 0 aliphatic rings. The maximum Gasteiger partial charge on any atom is 0.307 e. The van der Waals surface area contributed by atoms with Crippen LogP contribution in [0.5, 0.6) is 0 Å². The number of ether oxygens (including phenoxy) is 1. The quantitative estimate of drug-likeness (QED) is 0.389. The lowest BCUT2D eigenvalue weighted by molar-refractivity contribution is -0.145. The van der Waals surface area contributed by atoms with Crippen molar-refractivity contribution < 1.29 is 9.53 Å². The molecule has 0 aromatic heterocycles. The van der Waals surface area contributed by atoms with Crippen molar-refractivity contribution in [2.75, 3.05) is 0 Å². The van der Waals surface area contributed by atoms with Crippen LogP contribution in [0.25, 0.3) is 0 Å². The molecule has 2 nitrogen and oxygen atoms in total. The molecule has 0 N–H and O–H groups in total. The van der Waals surface area contributed by atoms with Crippen molar-refractivity contribution in [3.63, 3.8) is 0 Å². The Bertz CT molecular complexity index is 98.2. The highest BCUT2D eigenvalue weighted by molar-refractivity contribution is 7.80. The second-order valence-electron chi connectivity index (χ2n) is 2.69. The van der Waals surface area contributed by atoms with Crippen molar-refractivity contribution in [3.8, 4) is 0 Å². The summed E-state index contributed by atoms with van der Waals surface area (Å²) in [7, 11) is 0. The van der Waals surface area contributed by atoms with Crippen LogP contribution in [0, 0.1) is 5.92 Å². The first-order valence-corrected chi connectivity index (χ1v) is 3.91. The Morgan fingerprint density at radius 2 is 2.00 bits per heavy atom. The smallest absolute Gasteiger partial charge is 0.307 e. The molecule has 1 atom stereocenters. The van der Waals surface area contributed by atoms with E-state index in [4.69, 9.17) is 4.74 Å². The molecule has 0 aromatic carbocycles. The summed E-state index contributed by atoms with van der Waals surface area (Å²) in [5.41, 5.74) is -0.286. The van der Waals surface area contributed by atoms with Gasteiger partial charge >= 0.3 is 5.97 Å². The summed E-state index contributed by atoms with van der Waals surface area (Å²) in [6, 6.07) is 0. The summed E-state index contributed by atoms with van der Waals surface area (Å²) in [5, 5.41) is 0. The second kappa shape index (κ2) is 4.61. The number of hydrogen-bond donors (Lipinski definition) is 1. The molecule has 0 rings (SSSR count). The number of carbonyl (C=O) groups is 1. The van der Waals surface area contributed by atoms with E-state index in [1.807, 2.05) is 13.8 Å². The summed E-state index contributed by atoms with van der Waals surface area (Å²) in [4.78, 5) is 10.8. The Morgan fingerprint density at radius 1 is 1.50 bits per heavy atom. The molecule has 0 saturated heterocycles. The van der Waals surface area contributed by atoms with Gasteiger partial charge in [0.15, 0.2) is 0 Å². The van der Waals surface area contributed by atoms with Crippen molar-refractivity contribution in [3.05, 3.63) is 0 Å². The first-order valence-electron chi connectivity index (χ1n) is 3.40. The van der Waals surface area contributed by atoms with Gasteiger partial charge in [0.25, 0.3) is 0 Å². The molecule has 0 amide bonds. The number of thiol groups is 1. The maximum absolute atomic E-state index is 10.8. The van der Waals surface area contributed by atoms with Gasteiger partial charge in [-0.15, -0.1) is 12.6 Å². The third-order valence-electron chi connectivity index (χ3n) is 0.877. The van der Waals surface area contributed by atoms with E-state index in [0.29, 0.717) is 12.3 Å². The fraction of sp³-hybridized carbons (Fsp3) is 0.857. The molecule has 60 valence electrons. The minimum absolute atomic E-state index is 0.169. The van der Waals surface area contributed by atoms with Crippen LogP contribution >= 0.6 is 12.6 Å². The molecule has 0 aliphatic heterocycles. The van der Waals surface area contributed by atoms with Crippen molar-refractivity contribution in [1.82, 2.24) is 0 Å². The minimum Gasteiger partial charge on any atom is -0.452 e. The lowest BCUT2D eigenvalue weighted by Crippen LogP contribution is -2.11. The molecule has 1 unspecified atom stereocenters. The van der Waals surface area contributed by atoms with Gasteiger partial charge in [-0.05, 0) is 12.8 Å². The molecular formula is C7H14O2S. The van der Waals surface area contributed by atoms with E-state index in [2.05, 4.69) is 12.6 Å². The highest BCUT2D eigenvalue weighted by Gasteiger charge is 2.07. The Kier molecular flexibility index (Phi) is 4.52. The van der Waals surface area contributed by atoms with Gasteiger partial charge in [0, 0.05) is 6.42 Å². The van der Waals surface area contributed by atoms with Crippen LogP contribution in [-0.4, -0.2) is 11.4 Å². The van der Waals surface area contributed by atoms with Crippen LogP contribution in [0.1, 0.15) is 27.2 Å². The van der Waals surface area contributed by atoms with Crippen LogP contribution in [0.3, 0.4) is 0 Å². The molecule has 0 radical (unpaired) electrons. The molecule has 0 spiro atoms. The normalized spacial score (nSPS) is 13.3. The van der Waals surface area contributed by atoms with E-state index in [0.717, 1.165) is 0 Å². The standard InChI is InChI=1S/C7H14O2S/c1-5(2)4-7(8)9-6(3)10/h5-6,10H,4H2,1-3H3. The topological polar surface area (TPSA) is 26.3 Å². The van der Waals surface area contributed by atoms with Crippen LogP contribution in [-0.2, 0) is 9.53 Å². The van der Waals surface area contributed by atoms with E-state index in [-0.39, 0.29) is 11.4 Å². The van der Waals surface area contributed by atoms with Gasteiger partial charge < -0.3 is 4.74 Å². The predicted molar refractivity (Wildman–Crippen MR) is 44.0 cm³/mol. The van der Waals surface area contributed by atoms with Gasteiger partial charge in [-0.2, -0.15) is 0 Å². The zero-order chi connectivity index (χ0) is 8.15. The average Bonchev–Trinajstić information content (AvgIpc) is 1.58. The van der Waals surface area contributed by atoms with Crippen molar-refractivity contribution >= 4 is 18.6 Å². The van der Waals surface area contributed by atoms with E-state index in [9.17, 15) is 4.79 Å². The average molecular weight is 162 g/mol. The Balaban J connectivity index is 3.44. The lowest BCUT2D eigenvalue weighted by atomic mass is 10.1. The summed E-state index contributed by atoms with van der Waals surface area (Å²) >= 11 is 3.92. The molecule has 0 aliphatic carbocycles. The molecule has 0 saturated carbocycles. The number of hydrogen-bond acceptors (Lipinski definition) is 3. The minimum atomic E-state index is -0.286. The van der Waals surface area contributed by atoms with E-state index >= 15 is 0 Å². The third-order valence-corrected chi connectivity index (χ3v) is 0.982. The van der Waals surface area contributed by atoms with E-state index in [1.54, 1.807) is 6.92 Å². The first kappa shape index (κ1) is 9.82. The summed E-state index contributed by atoms with van der Waals surface area (Å²) < 4.78 is 4.79. The van der Waals surface area contributed by atoms with Crippen molar-refractivity contribution in [2.45, 2.75) is 32.6 Å². The fourth-order valence-corrected chi connectivity index (χ4v) is 0.689. The Labute approximate surface area is 67.4 Å². The first-order chi connectivity index (χ1) is 4.52. The summed E-state index contributed by atoms with van der Waals surface area (Å²) in [6.07, 6.45) is 0.477. The monoisotopic (exact) mass is 162 g/mol. The number of carbonyl (C=O) groups excluding carboxylic acids is 1. The summed E-state index contributed by atoms with van der Waals surface area (Å²) in [5.74, 6) is 0.192. The van der Waals surface area contributed by atoms with Gasteiger partial charge in [-0.25, -0.2) is 0 Å². The number of rotatable bonds is 3. The zero-order valence-electron chi connectivity index (χ0n) is 6.63. The van der Waals surface area contributed by atoms with Gasteiger partial charge in [0.05, 0.1) is 0 Å². The van der Waals surface area contributed by atoms with Gasteiger partial charge in [0.2, 0.25) is 0 Å². The Morgan fingerprint density at radius 3 is 2.30 bits per heavy atom. The highest BCUT2D eigenvalue weighted by atomic mass is 32.1. The molecular weight excluding hydrogens is 148 g/mol. The van der Waals surface area contributed by atoms with Crippen LogP contribution < -0.4 is 0 Å². The lowest BCUT2D eigenvalue weighted by Gasteiger charge is -2.07. The van der Waals surface area contributed by atoms with E-state index < -0.39 is 0 Å². The van der Waals surface area contributed by atoms with Crippen LogP contribution in [0.2, 0.25) is 0 Å². The highest BCUT2D eigenvalue weighted by Crippen LogP contribution is 2.04. The fourth-order valence-electron chi connectivity index (χ4n) is 0.572. The molecule has 0 bridgehead atoms. The SMILES string of the molecule is CC(C)CC(=O)OC(C)S. The third kappa shape index (κ3) is 5.95. The summed E-state index contributed by atoms with van der Waals surface area (Å²) in [6.45, 7) is 5.68. The molecule has 3 heteroatoms. The number of esters is 1. The van der Waals surface area contributed by atoms with Crippen molar-refractivity contribution in [2.24, 2.45) is 5.92 Å². The van der Waals surface area contributed by atoms with Gasteiger partial charge in [0.1, 0.15) is 5.44 Å².